The molecule has 1 atom stereocenters. The van der Waals surface area contributed by atoms with Crippen LogP contribution in [0.15, 0.2) is 24.3 Å². The molecule has 0 spiro atoms. The Morgan fingerprint density at radius 3 is 2.85 bits per heavy atom. The fraction of sp³-hybridized carbons (Fsp3) is 0.357. The zero-order chi connectivity index (χ0) is 14.7. The summed E-state index contributed by atoms with van der Waals surface area (Å²) in [6, 6.07) is 7.53. The van der Waals surface area contributed by atoms with Crippen LogP contribution in [0.4, 0.5) is 5.69 Å². The van der Waals surface area contributed by atoms with Crippen molar-refractivity contribution in [2.24, 2.45) is 0 Å². The number of aryl methyl sites for hydroxylation is 1. The van der Waals surface area contributed by atoms with Gasteiger partial charge in [0.1, 0.15) is 10.9 Å². The van der Waals surface area contributed by atoms with Gasteiger partial charge in [0.25, 0.3) is 0 Å². The molecule has 1 aliphatic heterocycles. The predicted molar refractivity (Wildman–Crippen MR) is 85.8 cm³/mol. The molecule has 1 unspecified atom stereocenters. The summed E-state index contributed by atoms with van der Waals surface area (Å²) >= 11 is 6.51. The summed E-state index contributed by atoms with van der Waals surface area (Å²) in [5.74, 6) is -0.300. The highest BCUT2D eigenvalue weighted by Crippen LogP contribution is 2.29. The average molecular weight is 308 g/mol. The van der Waals surface area contributed by atoms with Gasteiger partial charge in [-0.15, -0.1) is 0 Å². The second-order valence-corrected chi connectivity index (χ2v) is 6.46. The summed E-state index contributed by atoms with van der Waals surface area (Å²) in [4.78, 5) is 25.4. The van der Waals surface area contributed by atoms with Crippen molar-refractivity contribution in [1.29, 1.82) is 0 Å². The molecule has 1 saturated heterocycles. The minimum Gasteiger partial charge on any atom is -0.325 e. The van der Waals surface area contributed by atoms with Gasteiger partial charge in [0.05, 0.1) is 5.25 Å². The highest BCUT2D eigenvalue weighted by atomic mass is 32.2. The lowest BCUT2D eigenvalue weighted by Crippen LogP contribution is -2.38. The Labute approximate surface area is 127 Å². The molecule has 106 valence electrons. The van der Waals surface area contributed by atoms with Gasteiger partial charge < -0.3 is 5.32 Å². The van der Waals surface area contributed by atoms with E-state index in [9.17, 15) is 9.59 Å². The normalized spacial score (nSPS) is 18.5. The minimum absolute atomic E-state index is 0.0187. The standard InChI is InChI=1S/C14H16N2O2S2/c1-3-11-13(18)16(14(19)20-11)8-12(17)15-10-6-4-5-9(2)7-10/h4-7,11H,3,8H2,1-2H3,(H,15,17). The summed E-state index contributed by atoms with van der Waals surface area (Å²) < 4.78 is 0.487. The van der Waals surface area contributed by atoms with E-state index in [0.717, 1.165) is 17.7 Å². The number of anilines is 1. The highest BCUT2D eigenvalue weighted by molar-refractivity contribution is 8.24. The molecule has 1 aliphatic rings. The van der Waals surface area contributed by atoms with Gasteiger partial charge in [-0.3, -0.25) is 14.5 Å². The number of carbonyl (C=O) groups excluding carboxylic acids is 2. The largest absolute Gasteiger partial charge is 0.325 e. The number of nitrogens with one attached hydrogen (secondary N) is 1. The number of amides is 2. The predicted octanol–water partition coefficient (Wildman–Crippen LogP) is 2.57. The van der Waals surface area contributed by atoms with Crippen molar-refractivity contribution in [3.63, 3.8) is 0 Å². The summed E-state index contributed by atoms with van der Waals surface area (Å²) in [6.07, 6.45) is 0.722. The van der Waals surface area contributed by atoms with Crippen LogP contribution < -0.4 is 5.32 Å². The van der Waals surface area contributed by atoms with E-state index < -0.39 is 0 Å². The van der Waals surface area contributed by atoms with Crippen molar-refractivity contribution in [2.75, 3.05) is 11.9 Å². The van der Waals surface area contributed by atoms with E-state index >= 15 is 0 Å². The Morgan fingerprint density at radius 2 is 2.25 bits per heavy atom. The molecule has 20 heavy (non-hydrogen) atoms. The summed E-state index contributed by atoms with van der Waals surface area (Å²) in [6.45, 7) is 3.88. The Morgan fingerprint density at radius 1 is 1.50 bits per heavy atom. The molecule has 0 saturated carbocycles. The van der Waals surface area contributed by atoms with Crippen LogP contribution in [-0.2, 0) is 9.59 Å². The molecule has 1 aromatic rings. The number of hydrogen-bond acceptors (Lipinski definition) is 4. The molecule has 2 rings (SSSR count). The summed E-state index contributed by atoms with van der Waals surface area (Å²) in [7, 11) is 0. The second-order valence-electron chi connectivity index (χ2n) is 4.62. The van der Waals surface area contributed by atoms with E-state index in [4.69, 9.17) is 12.2 Å². The first-order valence-corrected chi connectivity index (χ1v) is 7.68. The fourth-order valence-electron chi connectivity index (χ4n) is 1.97. The molecule has 0 aliphatic carbocycles. The number of carbonyl (C=O) groups is 2. The Hall–Kier alpha value is -1.40. The number of benzene rings is 1. The molecular formula is C14H16N2O2S2. The monoisotopic (exact) mass is 308 g/mol. The van der Waals surface area contributed by atoms with E-state index in [1.807, 2.05) is 38.1 Å². The molecule has 6 heteroatoms. The first-order valence-electron chi connectivity index (χ1n) is 6.39. The zero-order valence-electron chi connectivity index (χ0n) is 11.4. The second kappa shape index (κ2) is 6.37. The van der Waals surface area contributed by atoms with Crippen molar-refractivity contribution >= 4 is 45.8 Å². The first-order chi connectivity index (χ1) is 9.51. The number of nitrogens with zero attached hydrogens (tertiary/aromatic N) is 1. The Bertz CT molecular complexity index is 560. The first kappa shape index (κ1) is 15.0. The van der Waals surface area contributed by atoms with Crippen molar-refractivity contribution in [3.05, 3.63) is 29.8 Å². The van der Waals surface area contributed by atoms with Crippen LogP contribution in [0.2, 0.25) is 0 Å². The molecule has 1 heterocycles. The van der Waals surface area contributed by atoms with E-state index in [2.05, 4.69) is 5.32 Å². The molecule has 0 radical (unpaired) electrons. The number of thiocarbonyl (C=S) groups is 1. The van der Waals surface area contributed by atoms with Crippen LogP contribution in [0, 0.1) is 6.92 Å². The molecule has 2 amide bonds. The maximum absolute atomic E-state index is 12.0. The molecule has 1 aromatic carbocycles. The zero-order valence-corrected chi connectivity index (χ0v) is 13.0. The van der Waals surface area contributed by atoms with Crippen LogP contribution in [0.25, 0.3) is 0 Å². The third kappa shape index (κ3) is 3.37. The van der Waals surface area contributed by atoms with Crippen molar-refractivity contribution in [1.82, 2.24) is 4.90 Å². The highest BCUT2D eigenvalue weighted by Gasteiger charge is 2.36. The maximum Gasteiger partial charge on any atom is 0.244 e. The molecule has 1 N–H and O–H groups in total. The Kier molecular flexibility index (Phi) is 4.77. The minimum atomic E-state index is -0.233. The lowest BCUT2D eigenvalue weighted by molar-refractivity contribution is -0.129. The smallest absolute Gasteiger partial charge is 0.244 e. The number of rotatable bonds is 4. The third-order valence-electron chi connectivity index (χ3n) is 2.98. The molecule has 1 fully saturated rings. The molecule has 0 bridgehead atoms. The van der Waals surface area contributed by atoms with Crippen molar-refractivity contribution in [2.45, 2.75) is 25.5 Å². The van der Waals surface area contributed by atoms with E-state index in [-0.39, 0.29) is 23.6 Å². The van der Waals surface area contributed by atoms with Crippen LogP contribution in [0.1, 0.15) is 18.9 Å². The SMILES string of the molecule is CCC1SC(=S)N(CC(=O)Nc2cccc(C)c2)C1=O. The van der Waals surface area contributed by atoms with E-state index in [0.29, 0.717) is 4.32 Å². The third-order valence-corrected chi connectivity index (χ3v) is 4.73. The lowest BCUT2D eigenvalue weighted by Gasteiger charge is -2.15. The van der Waals surface area contributed by atoms with E-state index in [1.54, 1.807) is 0 Å². The Balaban J connectivity index is 1.98. The van der Waals surface area contributed by atoms with Gasteiger partial charge in [-0.25, -0.2) is 0 Å². The summed E-state index contributed by atoms with van der Waals surface area (Å²) in [5, 5.41) is 2.64. The maximum atomic E-state index is 12.0. The molecule has 0 aromatic heterocycles. The number of hydrogen-bond donors (Lipinski definition) is 1. The lowest BCUT2D eigenvalue weighted by atomic mass is 10.2. The quantitative estimate of drug-likeness (QED) is 0.869. The van der Waals surface area contributed by atoms with Gasteiger partial charge in [-0.2, -0.15) is 0 Å². The van der Waals surface area contributed by atoms with E-state index in [1.165, 1.54) is 16.7 Å². The van der Waals surface area contributed by atoms with Crippen LogP contribution in [0.3, 0.4) is 0 Å². The van der Waals surface area contributed by atoms with Gasteiger partial charge in [0.2, 0.25) is 11.8 Å². The van der Waals surface area contributed by atoms with Crippen LogP contribution in [0.5, 0.6) is 0 Å². The van der Waals surface area contributed by atoms with Crippen LogP contribution in [-0.4, -0.2) is 32.8 Å². The van der Waals surface area contributed by atoms with Crippen molar-refractivity contribution in [3.8, 4) is 0 Å². The van der Waals surface area contributed by atoms with Crippen LogP contribution >= 0.6 is 24.0 Å². The number of thioether (sulfide) groups is 1. The van der Waals surface area contributed by atoms with Gasteiger partial charge in [-0.1, -0.05) is 43.0 Å². The molecule has 4 nitrogen and oxygen atoms in total. The molecular weight excluding hydrogens is 292 g/mol. The summed E-state index contributed by atoms with van der Waals surface area (Å²) in [5.41, 5.74) is 1.80. The topological polar surface area (TPSA) is 49.4 Å². The fourth-order valence-corrected chi connectivity index (χ4v) is 3.39. The van der Waals surface area contributed by atoms with Gasteiger partial charge in [0, 0.05) is 5.69 Å². The van der Waals surface area contributed by atoms with Gasteiger partial charge in [0.15, 0.2) is 0 Å². The average Bonchev–Trinajstić information content (AvgIpc) is 2.66. The van der Waals surface area contributed by atoms with Gasteiger partial charge >= 0.3 is 0 Å². The van der Waals surface area contributed by atoms with Crippen molar-refractivity contribution < 1.29 is 9.59 Å². The van der Waals surface area contributed by atoms with Gasteiger partial charge in [-0.05, 0) is 31.0 Å².